The van der Waals surface area contributed by atoms with Crippen molar-refractivity contribution >= 4 is 6.21 Å². The second-order valence-electron chi connectivity index (χ2n) is 4.72. The lowest BCUT2D eigenvalue weighted by molar-refractivity contribution is 0.412. The number of hydrogen-bond acceptors (Lipinski definition) is 2. The van der Waals surface area contributed by atoms with Crippen LogP contribution in [0.4, 0.5) is 0 Å². The summed E-state index contributed by atoms with van der Waals surface area (Å²) >= 11 is 0. The van der Waals surface area contributed by atoms with E-state index in [1.165, 1.54) is 37.8 Å². The van der Waals surface area contributed by atoms with E-state index in [-0.39, 0.29) is 0 Å². The number of allylic oxidation sites excluding steroid dienone is 2. The Balaban J connectivity index is 2.11. The summed E-state index contributed by atoms with van der Waals surface area (Å²) in [4.78, 5) is 0. The topological polar surface area (TPSA) is 24.4 Å². The molecule has 0 aromatic rings. The first-order valence-electron chi connectivity index (χ1n) is 5.76. The van der Waals surface area contributed by atoms with Gasteiger partial charge in [0, 0.05) is 17.8 Å². The van der Waals surface area contributed by atoms with Gasteiger partial charge in [0.15, 0.2) is 0 Å². The van der Waals surface area contributed by atoms with Gasteiger partial charge in [-0.05, 0) is 44.1 Å². The van der Waals surface area contributed by atoms with Crippen LogP contribution in [0.5, 0.6) is 0 Å². The fourth-order valence-electron chi connectivity index (χ4n) is 2.53. The molecule has 0 spiro atoms. The Kier molecular flexibility index (Phi) is 2.90. The Labute approximate surface area is 86.5 Å². The van der Waals surface area contributed by atoms with Crippen molar-refractivity contribution in [2.24, 2.45) is 16.9 Å². The van der Waals surface area contributed by atoms with Gasteiger partial charge in [0.2, 0.25) is 0 Å². The third-order valence-corrected chi connectivity index (χ3v) is 3.53. The zero-order chi connectivity index (χ0) is 9.97. The van der Waals surface area contributed by atoms with E-state index in [2.05, 4.69) is 30.6 Å². The maximum Gasteiger partial charge on any atom is 0.0319 e. The van der Waals surface area contributed by atoms with Gasteiger partial charge in [-0.15, -0.1) is 0 Å². The lowest BCUT2D eigenvalue weighted by atomic mass is 9.82. The highest BCUT2D eigenvalue weighted by molar-refractivity contribution is 5.66. The van der Waals surface area contributed by atoms with Gasteiger partial charge in [-0.3, -0.25) is 5.43 Å². The SMILES string of the molecule is CC1=C2CCCC(C)CCC2C=NN1. The maximum absolute atomic E-state index is 4.21. The predicted octanol–water partition coefficient (Wildman–Crippen LogP) is 3.07. The molecule has 0 bridgehead atoms. The second-order valence-corrected chi connectivity index (χ2v) is 4.72. The summed E-state index contributed by atoms with van der Waals surface area (Å²) < 4.78 is 0. The van der Waals surface area contributed by atoms with Crippen LogP contribution in [-0.2, 0) is 0 Å². The van der Waals surface area contributed by atoms with Crippen molar-refractivity contribution in [1.29, 1.82) is 0 Å². The Morgan fingerprint density at radius 2 is 2.21 bits per heavy atom. The Morgan fingerprint density at radius 1 is 1.36 bits per heavy atom. The smallest absolute Gasteiger partial charge is 0.0319 e. The maximum atomic E-state index is 4.21. The molecule has 2 nitrogen and oxygen atoms in total. The van der Waals surface area contributed by atoms with Gasteiger partial charge < -0.3 is 0 Å². The summed E-state index contributed by atoms with van der Waals surface area (Å²) in [7, 11) is 0. The average Bonchev–Trinajstić information content (AvgIpc) is 2.14. The molecule has 1 saturated carbocycles. The molecule has 0 radical (unpaired) electrons. The molecule has 1 aliphatic carbocycles. The first-order chi connectivity index (χ1) is 6.77. The molecule has 2 rings (SSSR count). The third kappa shape index (κ3) is 1.99. The van der Waals surface area contributed by atoms with E-state index in [4.69, 9.17) is 0 Å². The Hall–Kier alpha value is -0.790. The molecular formula is C12H20N2. The fourth-order valence-corrected chi connectivity index (χ4v) is 2.53. The number of fused-ring (bicyclic) bond motifs is 1. The van der Waals surface area contributed by atoms with Gasteiger partial charge in [-0.25, -0.2) is 0 Å². The van der Waals surface area contributed by atoms with Crippen molar-refractivity contribution < 1.29 is 0 Å². The first-order valence-corrected chi connectivity index (χ1v) is 5.76. The lowest BCUT2D eigenvalue weighted by Crippen LogP contribution is -2.22. The summed E-state index contributed by atoms with van der Waals surface area (Å²) in [5.74, 6) is 1.53. The Morgan fingerprint density at radius 3 is 3.07 bits per heavy atom. The van der Waals surface area contributed by atoms with Crippen LogP contribution in [0, 0.1) is 11.8 Å². The molecule has 2 heteroatoms. The highest BCUT2D eigenvalue weighted by atomic mass is 15.3. The molecule has 2 unspecified atom stereocenters. The van der Waals surface area contributed by atoms with Crippen LogP contribution in [0.1, 0.15) is 46.0 Å². The molecule has 2 aliphatic rings. The van der Waals surface area contributed by atoms with Crippen molar-refractivity contribution in [3.63, 3.8) is 0 Å². The minimum Gasteiger partial charge on any atom is -0.283 e. The summed E-state index contributed by atoms with van der Waals surface area (Å²) in [5, 5.41) is 4.21. The standard InChI is InChI=1S/C12H20N2/c1-9-4-3-5-12-10(2)14-13-8-11(12)7-6-9/h8-9,11,14H,3-7H2,1-2H3. The van der Waals surface area contributed by atoms with Crippen LogP contribution < -0.4 is 5.43 Å². The van der Waals surface area contributed by atoms with Gasteiger partial charge >= 0.3 is 0 Å². The molecule has 0 saturated heterocycles. The summed E-state index contributed by atoms with van der Waals surface area (Å²) in [6.07, 6.45) is 8.74. The zero-order valence-corrected chi connectivity index (χ0v) is 9.21. The van der Waals surface area contributed by atoms with Gasteiger partial charge in [0.25, 0.3) is 0 Å². The van der Waals surface area contributed by atoms with Crippen molar-refractivity contribution in [2.75, 3.05) is 0 Å². The van der Waals surface area contributed by atoms with Crippen molar-refractivity contribution in [2.45, 2.75) is 46.0 Å². The fraction of sp³-hybridized carbons (Fsp3) is 0.750. The molecule has 0 aromatic heterocycles. The van der Waals surface area contributed by atoms with Gasteiger partial charge in [0.1, 0.15) is 0 Å². The van der Waals surface area contributed by atoms with E-state index >= 15 is 0 Å². The molecule has 0 amide bonds. The lowest BCUT2D eigenvalue weighted by Gasteiger charge is -2.27. The molecule has 1 heterocycles. The molecule has 1 N–H and O–H groups in total. The largest absolute Gasteiger partial charge is 0.283 e. The van der Waals surface area contributed by atoms with Crippen LogP contribution in [0.2, 0.25) is 0 Å². The van der Waals surface area contributed by atoms with Crippen molar-refractivity contribution in [1.82, 2.24) is 5.43 Å². The van der Waals surface area contributed by atoms with Crippen LogP contribution in [0.15, 0.2) is 16.4 Å². The highest BCUT2D eigenvalue weighted by Gasteiger charge is 2.21. The van der Waals surface area contributed by atoms with Crippen LogP contribution >= 0.6 is 0 Å². The predicted molar refractivity (Wildman–Crippen MR) is 60.1 cm³/mol. The van der Waals surface area contributed by atoms with E-state index in [1.54, 1.807) is 5.57 Å². The minimum absolute atomic E-state index is 0.624. The zero-order valence-electron chi connectivity index (χ0n) is 9.21. The number of nitrogens with zero attached hydrogens (tertiary/aromatic N) is 1. The number of nitrogens with one attached hydrogen (secondary N) is 1. The number of hydrazone groups is 1. The molecular weight excluding hydrogens is 172 g/mol. The molecule has 1 aliphatic heterocycles. The van der Waals surface area contributed by atoms with Crippen LogP contribution in [0.25, 0.3) is 0 Å². The number of rotatable bonds is 0. The van der Waals surface area contributed by atoms with Gasteiger partial charge in [0.05, 0.1) is 0 Å². The summed E-state index contributed by atoms with van der Waals surface area (Å²) in [6, 6.07) is 0. The average molecular weight is 192 g/mol. The quantitative estimate of drug-likeness (QED) is 0.626. The van der Waals surface area contributed by atoms with Gasteiger partial charge in [-0.2, -0.15) is 5.10 Å². The Bertz CT molecular complexity index is 265. The van der Waals surface area contributed by atoms with Crippen LogP contribution in [0.3, 0.4) is 0 Å². The number of hydrogen-bond donors (Lipinski definition) is 1. The van der Waals surface area contributed by atoms with Crippen LogP contribution in [-0.4, -0.2) is 6.21 Å². The minimum atomic E-state index is 0.624. The summed E-state index contributed by atoms with van der Waals surface area (Å²) in [6.45, 7) is 4.53. The molecule has 78 valence electrons. The molecule has 2 atom stereocenters. The first kappa shape index (κ1) is 9.75. The normalized spacial score (nSPS) is 33.0. The van der Waals surface area contributed by atoms with E-state index in [0.29, 0.717) is 5.92 Å². The van der Waals surface area contributed by atoms with Crippen molar-refractivity contribution in [3.05, 3.63) is 11.3 Å². The van der Waals surface area contributed by atoms with Gasteiger partial charge in [-0.1, -0.05) is 13.3 Å². The van der Waals surface area contributed by atoms with E-state index in [0.717, 1.165) is 5.92 Å². The molecule has 0 aromatic carbocycles. The monoisotopic (exact) mass is 192 g/mol. The van der Waals surface area contributed by atoms with E-state index in [1.807, 2.05) is 0 Å². The van der Waals surface area contributed by atoms with Crippen molar-refractivity contribution in [3.8, 4) is 0 Å². The third-order valence-electron chi connectivity index (χ3n) is 3.53. The summed E-state index contributed by atoms with van der Waals surface area (Å²) in [5.41, 5.74) is 5.99. The highest BCUT2D eigenvalue weighted by Crippen LogP contribution is 2.31. The van der Waals surface area contributed by atoms with E-state index in [9.17, 15) is 0 Å². The second kappa shape index (κ2) is 4.16. The van der Waals surface area contributed by atoms with E-state index < -0.39 is 0 Å². The molecule has 14 heavy (non-hydrogen) atoms. The molecule has 1 fully saturated rings.